The molecule has 0 spiro atoms. The van der Waals surface area contributed by atoms with Crippen LogP contribution < -0.4 is 0 Å². The van der Waals surface area contributed by atoms with Gasteiger partial charge in [0.15, 0.2) is 21.5 Å². The second kappa shape index (κ2) is 5.02. The number of halogens is 3. The molecule has 0 aromatic heterocycles. The SMILES string of the molecule is CC(C)(CBr)CS(=O)(=O)c1ccc(F)c(F)c1. The van der Waals surface area contributed by atoms with Crippen molar-refractivity contribution >= 4 is 25.8 Å². The van der Waals surface area contributed by atoms with Gasteiger partial charge in [0.1, 0.15) is 0 Å². The van der Waals surface area contributed by atoms with Gasteiger partial charge in [-0.2, -0.15) is 0 Å². The molecule has 0 aliphatic heterocycles. The molecular formula is C11H13BrF2O2S. The van der Waals surface area contributed by atoms with Gasteiger partial charge in [-0.25, -0.2) is 17.2 Å². The van der Waals surface area contributed by atoms with Gasteiger partial charge in [0.2, 0.25) is 0 Å². The summed E-state index contributed by atoms with van der Waals surface area (Å²) in [5.74, 6) is -2.33. The smallest absolute Gasteiger partial charge is 0.179 e. The van der Waals surface area contributed by atoms with Crippen molar-refractivity contribution in [1.29, 1.82) is 0 Å². The minimum atomic E-state index is -3.61. The van der Waals surface area contributed by atoms with Crippen molar-refractivity contribution in [2.75, 3.05) is 11.1 Å². The number of sulfone groups is 1. The van der Waals surface area contributed by atoms with Gasteiger partial charge in [-0.15, -0.1) is 0 Å². The molecule has 2 nitrogen and oxygen atoms in total. The van der Waals surface area contributed by atoms with Crippen LogP contribution in [0.15, 0.2) is 23.1 Å². The van der Waals surface area contributed by atoms with Gasteiger partial charge in [-0.3, -0.25) is 0 Å². The summed E-state index contributed by atoms with van der Waals surface area (Å²) in [5, 5.41) is 0.503. The molecule has 0 atom stereocenters. The van der Waals surface area contributed by atoms with Crippen molar-refractivity contribution in [3.8, 4) is 0 Å². The summed E-state index contributed by atoms with van der Waals surface area (Å²) >= 11 is 3.22. The van der Waals surface area contributed by atoms with Crippen LogP contribution in [0.25, 0.3) is 0 Å². The second-order valence-electron chi connectivity index (χ2n) is 4.63. The lowest BCUT2D eigenvalue weighted by molar-refractivity contribution is 0.473. The molecule has 0 saturated carbocycles. The van der Waals surface area contributed by atoms with Gasteiger partial charge in [-0.05, 0) is 23.6 Å². The monoisotopic (exact) mass is 326 g/mol. The fourth-order valence-electron chi connectivity index (χ4n) is 1.31. The number of hydrogen-bond donors (Lipinski definition) is 0. The molecule has 0 radical (unpaired) electrons. The maximum atomic E-state index is 13.0. The van der Waals surface area contributed by atoms with Gasteiger partial charge in [0, 0.05) is 5.33 Å². The lowest BCUT2D eigenvalue weighted by Crippen LogP contribution is -2.25. The first-order chi connectivity index (χ1) is 7.68. The Labute approximate surface area is 108 Å². The van der Waals surface area contributed by atoms with E-state index >= 15 is 0 Å². The van der Waals surface area contributed by atoms with E-state index in [2.05, 4.69) is 15.9 Å². The molecule has 0 heterocycles. The number of hydrogen-bond acceptors (Lipinski definition) is 2. The summed E-state index contributed by atoms with van der Waals surface area (Å²) in [4.78, 5) is -0.189. The quantitative estimate of drug-likeness (QED) is 0.629. The topological polar surface area (TPSA) is 34.1 Å². The molecule has 0 fully saturated rings. The number of rotatable bonds is 4. The van der Waals surface area contributed by atoms with Crippen LogP contribution >= 0.6 is 15.9 Å². The van der Waals surface area contributed by atoms with E-state index in [0.29, 0.717) is 5.33 Å². The van der Waals surface area contributed by atoms with Gasteiger partial charge >= 0.3 is 0 Å². The van der Waals surface area contributed by atoms with E-state index in [1.165, 1.54) is 0 Å². The molecule has 0 saturated heterocycles. The first-order valence-electron chi connectivity index (χ1n) is 4.92. The zero-order valence-corrected chi connectivity index (χ0v) is 11.9. The Morgan fingerprint density at radius 3 is 2.29 bits per heavy atom. The highest BCUT2D eigenvalue weighted by atomic mass is 79.9. The van der Waals surface area contributed by atoms with Crippen LogP contribution in [0.5, 0.6) is 0 Å². The van der Waals surface area contributed by atoms with E-state index in [1.54, 1.807) is 13.8 Å². The van der Waals surface area contributed by atoms with Crippen LogP contribution in [0.3, 0.4) is 0 Å². The molecule has 0 aliphatic rings. The predicted molar refractivity (Wildman–Crippen MR) is 66.0 cm³/mol. The molecule has 0 unspecified atom stereocenters. The van der Waals surface area contributed by atoms with E-state index in [9.17, 15) is 17.2 Å². The Balaban J connectivity index is 3.10. The molecule has 1 aromatic carbocycles. The first kappa shape index (κ1) is 14.6. The number of benzene rings is 1. The van der Waals surface area contributed by atoms with Crippen LogP contribution in [0, 0.1) is 17.0 Å². The Bertz CT molecular complexity index is 512. The van der Waals surface area contributed by atoms with Crippen LogP contribution in [0.4, 0.5) is 8.78 Å². The van der Waals surface area contributed by atoms with Crippen molar-refractivity contribution in [1.82, 2.24) is 0 Å². The van der Waals surface area contributed by atoms with Gasteiger partial charge in [0.05, 0.1) is 10.6 Å². The summed E-state index contributed by atoms with van der Waals surface area (Å²) in [6.45, 7) is 3.55. The summed E-state index contributed by atoms with van der Waals surface area (Å²) in [7, 11) is -3.61. The third-order valence-electron chi connectivity index (χ3n) is 2.19. The number of alkyl halides is 1. The molecule has 6 heteroatoms. The molecule has 17 heavy (non-hydrogen) atoms. The highest BCUT2D eigenvalue weighted by Crippen LogP contribution is 2.25. The van der Waals surface area contributed by atoms with Gasteiger partial charge in [-0.1, -0.05) is 29.8 Å². The second-order valence-corrected chi connectivity index (χ2v) is 7.18. The molecule has 0 N–H and O–H groups in total. The highest BCUT2D eigenvalue weighted by molar-refractivity contribution is 9.09. The van der Waals surface area contributed by atoms with Crippen molar-refractivity contribution in [3.05, 3.63) is 29.8 Å². The van der Waals surface area contributed by atoms with Crippen molar-refractivity contribution in [3.63, 3.8) is 0 Å². The Kier molecular flexibility index (Phi) is 4.30. The zero-order valence-electron chi connectivity index (χ0n) is 9.50. The molecular weight excluding hydrogens is 314 g/mol. The summed E-state index contributed by atoms with van der Waals surface area (Å²) in [5.41, 5.74) is -0.469. The lowest BCUT2D eigenvalue weighted by atomic mass is 10.0. The van der Waals surface area contributed by atoms with Gasteiger partial charge < -0.3 is 0 Å². The van der Waals surface area contributed by atoms with E-state index in [-0.39, 0.29) is 10.6 Å². The molecule has 0 aliphatic carbocycles. The average molecular weight is 327 g/mol. The molecule has 0 amide bonds. The first-order valence-corrected chi connectivity index (χ1v) is 7.69. The summed E-state index contributed by atoms with van der Waals surface area (Å²) < 4.78 is 49.6. The van der Waals surface area contributed by atoms with Crippen molar-refractivity contribution in [2.24, 2.45) is 5.41 Å². The maximum Gasteiger partial charge on any atom is 0.179 e. The Hall–Kier alpha value is -0.490. The normalized spacial score (nSPS) is 12.8. The lowest BCUT2D eigenvalue weighted by Gasteiger charge is -2.21. The van der Waals surface area contributed by atoms with E-state index in [4.69, 9.17) is 0 Å². The Morgan fingerprint density at radius 1 is 1.24 bits per heavy atom. The minimum absolute atomic E-state index is 0.129. The molecule has 96 valence electrons. The zero-order chi connectivity index (χ0) is 13.3. The summed E-state index contributed by atoms with van der Waals surface area (Å²) in [6, 6.07) is 2.62. The van der Waals surface area contributed by atoms with Crippen LogP contribution in [0.2, 0.25) is 0 Å². The van der Waals surface area contributed by atoms with Crippen LogP contribution in [-0.4, -0.2) is 19.5 Å². The van der Waals surface area contributed by atoms with Crippen molar-refractivity contribution in [2.45, 2.75) is 18.7 Å². The highest BCUT2D eigenvalue weighted by Gasteiger charge is 2.27. The summed E-state index contributed by atoms with van der Waals surface area (Å²) in [6.07, 6.45) is 0. The van der Waals surface area contributed by atoms with Gasteiger partial charge in [0.25, 0.3) is 0 Å². The average Bonchev–Trinajstić information content (AvgIpc) is 2.20. The molecule has 1 rings (SSSR count). The fourth-order valence-corrected chi connectivity index (χ4v) is 3.62. The van der Waals surface area contributed by atoms with Crippen LogP contribution in [-0.2, 0) is 9.84 Å². The van der Waals surface area contributed by atoms with E-state index in [1.807, 2.05) is 0 Å². The maximum absolute atomic E-state index is 13.0. The third-order valence-corrected chi connectivity index (χ3v) is 5.84. The van der Waals surface area contributed by atoms with Crippen LogP contribution in [0.1, 0.15) is 13.8 Å². The molecule has 1 aromatic rings. The third kappa shape index (κ3) is 3.74. The minimum Gasteiger partial charge on any atom is -0.224 e. The predicted octanol–water partition coefficient (Wildman–Crippen LogP) is 3.16. The van der Waals surface area contributed by atoms with E-state index < -0.39 is 26.9 Å². The standard InChI is InChI=1S/C11H13BrF2O2S/c1-11(2,6-12)7-17(15,16)8-3-4-9(13)10(14)5-8/h3-5H,6-7H2,1-2H3. The Morgan fingerprint density at radius 2 is 1.82 bits per heavy atom. The fraction of sp³-hybridized carbons (Fsp3) is 0.455. The van der Waals surface area contributed by atoms with E-state index in [0.717, 1.165) is 18.2 Å². The largest absolute Gasteiger partial charge is 0.224 e. The molecule has 0 bridgehead atoms. The van der Waals surface area contributed by atoms with Crippen molar-refractivity contribution < 1.29 is 17.2 Å².